The second-order valence-electron chi connectivity index (χ2n) is 3.43. The Labute approximate surface area is 111 Å². The van der Waals surface area contributed by atoms with Gasteiger partial charge in [-0.2, -0.15) is 0 Å². The summed E-state index contributed by atoms with van der Waals surface area (Å²) in [6, 6.07) is 9.07. The second kappa shape index (κ2) is 5.33. The SMILES string of the molecule is O=C(O)c1ccc(Br)cc1NCc1cccs1. The smallest absolute Gasteiger partial charge is 0.337 e. The van der Waals surface area contributed by atoms with Crippen LogP contribution in [0.1, 0.15) is 15.2 Å². The molecule has 2 aromatic rings. The number of hydrogen-bond acceptors (Lipinski definition) is 3. The predicted octanol–water partition coefficient (Wildman–Crippen LogP) is 3.82. The number of hydrogen-bond donors (Lipinski definition) is 2. The first-order valence-corrected chi connectivity index (χ1v) is 6.63. The van der Waals surface area contributed by atoms with Crippen LogP contribution in [-0.4, -0.2) is 11.1 Å². The molecular weight excluding hydrogens is 302 g/mol. The summed E-state index contributed by atoms with van der Waals surface area (Å²) in [6.45, 7) is 0.633. The predicted molar refractivity (Wildman–Crippen MR) is 72.7 cm³/mol. The van der Waals surface area contributed by atoms with Crippen molar-refractivity contribution in [3.8, 4) is 0 Å². The van der Waals surface area contributed by atoms with Gasteiger partial charge in [0.2, 0.25) is 0 Å². The summed E-state index contributed by atoms with van der Waals surface area (Å²) in [7, 11) is 0. The van der Waals surface area contributed by atoms with Gasteiger partial charge < -0.3 is 10.4 Å². The largest absolute Gasteiger partial charge is 0.478 e. The summed E-state index contributed by atoms with van der Waals surface area (Å²) >= 11 is 4.97. The molecule has 0 fully saturated rings. The lowest BCUT2D eigenvalue weighted by Gasteiger charge is -2.09. The molecule has 0 saturated heterocycles. The van der Waals surface area contributed by atoms with Crippen LogP contribution in [0.5, 0.6) is 0 Å². The minimum Gasteiger partial charge on any atom is -0.478 e. The van der Waals surface area contributed by atoms with Gasteiger partial charge in [0, 0.05) is 15.9 Å². The quantitative estimate of drug-likeness (QED) is 0.902. The molecule has 0 aliphatic carbocycles. The molecule has 1 heterocycles. The zero-order valence-corrected chi connectivity index (χ0v) is 11.2. The van der Waals surface area contributed by atoms with Gasteiger partial charge >= 0.3 is 5.97 Å². The van der Waals surface area contributed by atoms with Crippen LogP contribution < -0.4 is 5.32 Å². The zero-order chi connectivity index (χ0) is 12.3. The Morgan fingerprint density at radius 2 is 2.24 bits per heavy atom. The number of carboxylic acid groups (broad SMARTS) is 1. The maximum absolute atomic E-state index is 11.0. The molecule has 1 aromatic heterocycles. The maximum atomic E-state index is 11.0. The van der Waals surface area contributed by atoms with Crippen molar-refractivity contribution in [1.29, 1.82) is 0 Å². The molecule has 2 N–H and O–H groups in total. The number of rotatable bonds is 4. The van der Waals surface area contributed by atoms with Gasteiger partial charge in [0.15, 0.2) is 0 Å². The highest BCUT2D eigenvalue weighted by Gasteiger charge is 2.10. The number of halogens is 1. The summed E-state index contributed by atoms with van der Waals surface area (Å²) in [6.07, 6.45) is 0. The van der Waals surface area contributed by atoms with Crippen molar-refractivity contribution in [3.05, 3.63) is 50.6 Å². The van der Waals surface area contributed by atoms with E-state index in [9.17, 15) is 4.79 Å². The number of thiophene rings is 1. The van der Waals surface area contributed by atoms with E-state index in [-0.39, 0.29) is 5.56 Å². The van der Waals surface area contributed by atoms with Crippen molar-refractivity contribution in [3.63, 3.8) is 0 Å². The fourth-order valence-electron chi connectivity index (χ4n) is 1.44. The minimum absolute atomic E-state index is 0.282. The van der Waals surface area contributed by atoms with Gasteiger partial charge in [-0.05, 0) is 29.6 Å². The van der Waals surface area contributed by atoms with Crippen LogP contribution in [0.25, 0.3) is 0 Å². The molecule has 17 heavy (non-hydrogen) atoms. The minimum atomic E-state index is -0.925. The summed E-state index contributed by atoms with van der Waals surface area (Å²) in [5.74, 6) is -0.925. The molecule has 0 amide bonds. The van der Waals surface area contributed by atoms with Crippen molar-refractivity contribution < 1.29 is 9.90 Å². The van der Waals surface area contributed by atoms with Crippen LogP contribution in [0.2, 0.25) is 0 Å². The Bertz CT molecular complexity index is 525. The van der Waals surface area contributed by atoms with Gasteiger partial charge in [-0.3, -0.25) is 0 Å². The van der Waals surface area contributed by atoms with Gasteiger partial charge in [0.05, 0.1) is 11.3 Å². The van der Waals surface area contributed by atoms with Crippen molar-refractivity contribution in [2.75, 3.05) is 5.32 Å². The monoisotopic (exact) mass is 311 g/mol. The normalized spacial score (nSPS) is 10.2. The summed E-state index contributed by atoms with van der Waals surface area (Å²) in [5.41, 5.74) is 0.907. The fourth-order valence-corrected chi connectivity index (χ4v) is 2.45. The Balaban J connectivity index is 2.19. The average Bonchev–Trinajstić information content (AvgIpc) is 2.78. The summed E-state index contributed by atoms with van der Waals surface area (Å²) in [4.78, 5) is 12.2. The lowest BCUT2D eigenvalue weighted by molar-refractivity contribution is 0.0698. The van der Waals surface area contributed by atoms with Crippen LogP contribution in [-0.2, 0) is 6.54 Å². The van der Waals surface area contributed by atoms with Crippen LogP contribution in [0.3, 0.4) is 0 Å². The van der Waals surface area contributed by atoms with Gasteiger partial charge in [0.1, 0.15) is 0 Å². The lowest BCUT2D eigenvalue weighted by Crippen LogP contribution is -2.05. The molecule has 0 aliphatic rings. The zero-order valence-electron chi connectivity index (χ0n) is 8.81. The Morgan fingerprint density at radius 1 is 1.41 bits per heavy atom. The molecule has 0 saturated carbocycles. The van der Waals surface area contributed by atoms with Crippen molar-refractivity contribution in [1.82, 2.24) is 0 Å². The van der Waals surface area contributed by atoms with E-state index in [1.165, 1.54) is 4.88 Å². The molecule has 0 spiro atoms. The standard InChI is InChI=1S/C12H10BrNO2S/c13-8-3-4-10(12(15)16)11(6-8)14-7-9-2-1-5-17-9/h1-6,14H,7H2,(H,15,16). The maximum Gasteiger partial charge on any atom is 0.337 e. The van der Waals surface area contributed by atoms with E-state index in [0.29, 0.717) is 12.2 Å². The van der Waals surface area contributed by atoms with Crippen LogP contribution >= 0.6 is 27.3 Å². The van der Waals surface area contributed by atoms with E-state index in [4.69, 9.17) is 5.11 Å². The van der Waals surface area contributed by atoms with E-state index in [0.717, 1.165) is 4.47 Å². The Hall–Kier alpha value is -1.33. The molecule has 0 atom stereocenters. The topological polar surface area (TPSA) is 49.3 Å². The first-order valence-electron chi connectivity index (χ1n) is 4.96. The molecule has 0 bridgehead atoms. The van der Waals surface area contributed by atoms with Crippen LogP contribution in [0, 0.1) is 0 Å². The van der Waals surface area contributed by atoms with E-state index in [1.807, 2.05) is 17.5 Å². The molecule has 2 rings (SSSR count). The fraction of sp³-hybridized carbons (Fsp3) is 0.0833. The van der Waals surface area contributed by atoms with Crippen molar-refractivity contribution >= 4 is 38.9 Å². The highest BCUT2D eigenvalue weighted by Crippen LogP contribution is 2.22. The first-order chi connectivity index (χ1) is 8.16. The van der Waals surface area contributed by atoms with Gasteiger partial charge in [-0.25, -0.2) is 4.79 Å². The highest BCUT2D eigenvalue weighted by atomic mass is 79.9. The molecule has 3 nitrogen and oxygen atoms in total. The summed E-state index contributed by atoms with van der Waals surface area (Å²) in [5, 5.41) is 14.2. The molecule has 0 radical (unpaired) electrons. The number of nitrogens with one attached hydrogen (secondary N) is 1. The van der Waals surface area contributed by atoms with Crippen LogP contribution in [0.4, 0.5) is 5.69 Å². The number of carboxylic acids is 1. The van der Waals surface area contributed by atoms with E-state index < -0.39 is 5.97 Å². The third kappa shape index (κ3) is 3.08. The van der Waals surface area contributed by atoms with E-state index in [1.54, 1.807) is 29.5 Å². The number of anilines is 1. The van der Waals surface area contributed by atoms with Gasteiger partial charge in [0.25, 0.3) is 0 Å². The number of benzene rings is 1. The van der Waals surface area contributed by atoms with Gasteiger partial charge in [-0.15, -0.1) is 11.3 Å². The second-order valence-corrected chi connectivity index (χ2v) is 5.38. The Kier molecular flexibility index (Phi) is 3.81. The molecule has 1 aromatic carbocycles. The third-order valence-electron chi connectivity index (χ3n) is 2.25. The lowest BCUT2D eigenvalue weighted by atomic mass is 10.2. The Morgan fingerprint density at radius 3 is 2.88 bits per heavy atom. The van der Waals surface area contributed by atoms with Crippen molar-refractivity contribution in [2.45, 2.75) is 6.54 Å². The van der Waals surface area contributed by atoms with Crippen LogP contribution in [0.15, 0.2) is 40.2 Å². The van der Waals surface area contributed by atoms with E-state index in [2.05, 4.69) is 21.2 Å². The number of aromatic carboxylic acids is 1. The summed E-state index contributed by atoms with van der Waals surface area (Å²) < 4.78 is 0.858. The van der Waals surface area contributed by atoms with Gasteiger partial charge in [-0.1, -0.05) is 22.0 Å². The molecule has 0 unspecified atom stereocenters. The van der Waals surface area contributed by atoms with Crippen molar-refractivity contribution in [2.24, 2.45) is 0 Å². The molecule has 5 heteroatoms. The first kappa shape index (κ1) is 12.1. The molecular formula is C12H10BrNO2S. The molecule has 88 valence electrons. The third-order valence-corrected chi connectivity index (χ3v) is 3.61. The molecule has 0 aliphatic heterocycles. The van der Waals surface area contributed by atoms with E-state index >= 15 is 0 Å². The number of carbonyl (C=O) groups is 1. The highest BCUT2D eigenvalue weighted by molar-refractivity contribution is 9.10. The average molecular weight is 312 g/mol.